The van der Waals surface area contributed by atoms with E-state index in [0.29, 0.717) is 10.8 Å². The Morgan fingerprint density at radius 3 is 2.35 bits per heavy atom. The van der Waals surface area contributed by atoms with Crippen LogP contribution in [0.1, 0.15) is 11.1 Å². The van der Waals surface area contributed by atoms with Crippen molar-refractivity contribution in [1.29, 1.82) is 0 Å². The van der Waals surface area contributed by atoms with Crippen molar-refractivity contribution >= 4 is 28.9 Å². The molecule has 8 heteroatoms. The van der Waals surface area contributed by atoms with Crippen LogP contribution >= 0.6 is 23.2 Å². The van der Waals surface area contributed by atoms with Crippen molar-refractivity contribution in [3.05, 3.63) is 49.9 Å². The first-order chi connectivity index (χ1) is 9.40. The average Bonchev–Trinajstić information content (AvgIpc) is 2.33. The molecule has 0 bridgehead atoms. The van der Waals surface area contributed by atoms with Crippen LogP contribution in [-0.4, -0.2) is 14.9 Å². The van der Waals surface area contributed by atoms with Crippen molar-refractivity contribution in [1.82, 2.24) is 9.97 Å². The van der Waals surface area contributed by atoms with Crippen LogP contribution in [0.3, 0.4) is 0 Å². The summed E-state index contributed by atoms with van der Waals surface area (Å²) in [6, 6.07) is 3.39. The van der Waals surface area contributed by atoms with E-state index < -0.39 is 10.6 Å². The molecule has 2 rings (SSSR count). The van der Waals surface area contributed by atoms with Gasteiger partial charge in [0.2, 0.25) is 5.15 Å². The highest BCUT2D eigenvalue weighted by atomic mass is 35.5. The fraction of sp³-hybridized carbons (Fsp3) is 0.167. The quantitative estimate of drug-likeness (QED) is 0.484. The maximum atomic E-state index is 11.0. The zero-order chi connectivity index (χ0) is 14.9. The first kappa shape index (κ1) is 14.5. The third-order valence-corrected chi connectivity index (χ3v) is 3.05. The number of rotatable bonds is 3. The molecule has 6 nitrogen and oxygen atoms in total. The first-order valence-corrected chi connectivity index (χ1v) is 6.25. The highest BCUT2D eigenvalue weighted by Crippen LogP contribution is 2.36. The van der Waals surface area contributed by atoms with E-state index in [2.05, 4.69) is 9.97 Å². The van der Waals surface area contributed by atoms with Crippen LogP contribution in [0.5, 0.6) is 11.6 Å². The van der Waals surface area contributed by atoms with Crippen LogP contribution in [0.15, 0.2) is 18.5 Å². The molecule has 0 saturated carbocycles. The van der Waals surface area contributed by atoms with E-state index in [-0.39, 0.29) is 11.0 Å². The molecule has 0 aliphatic rings. The van der Waals surface area contributed by atoms with Crippen LogP contribution in [0, 0.1) is 24.0 Å². The Bertz CT molecular complexity index is 669. The van der Waals surface area contributed by atoms with Crippen molar-refractivity contribution in [2.45, 2.75) is 13.8 Å². The molecule has 1 aromatic heterocycles. The monoisotopic (exact) mass is 313 g/mol. The van der Waals surface area contributed by atoms with Crippen molar-refractivity contribution < 1.29 is 9.66 Å². The van der Waals surface area contributed by atoms with Gasteiger partial charge in [0.05, 0.1) is 4.92 Å². The van der Waals surface area contributed by atoms with E-state index >= 15 is 0 Å². The Morgan fingerprint density at radius 2 is 1.80 bits per heavy atom. The number of nitrogens with zero attached hydrogens (tertiary/aromatic N) is 3. The van der Waals surface area contributed by atoms with Gasteiger partial charge in [-0.2, -0.15) is 4.98 Å². The van der Waals surface area contributed by atoms with Gasteiger partial charge in [0, 0.05) is 5.02 Å². The number of aryl methyl sites for hydroxylation is 2. The Kier molecular flexibility index (Phi) is 4.06. The predicted molar refractivity (Wildman–Crippen MR) is 74.7 cm³/mol. The summed E-state index contributed by atoms with van der Waals surface area (Å²) in [4.78, 5) is 17.7. The first-order valence-electron chi connectivity index (χ1n) is 5.49. The molecule has 0 fully saturated rings. The molecule has 0 N–H and O–H groups in total. The molecule has 0 saturated heterocycles. The number of aromatic nitrogens is 2. The highest BCUT2D eigenvalue weighted by Gasteiger charge is 2.24. The minimum atomic E-state index is -0.682. The number of ether oxygens (including phenoxy) is 1. The smallest absolute Gasteiger partial charge is 0.368 e. The Balaban J connectivity index is 2.51. The average molecular weight is 314 g/mol. The fourth-order valence-corrected chi connectivity index (χ4v) is 2.25. The van der Waals surface area contributed by atoms with Crippen LogP contribution in [-0.2, 0) is 0 Å². The summed E-state index contributed by atoms with van der Waals surface area (Å²) in [6.07, 6.45) is 1.10. The topological polar surface area (TPSA) is 78.2 Å². The van der Waals surface area contributed by atoms with Gasteiger partial charge < -0.3 is 4.74 Å². The molecule has 1 aromatic carbocycles. The van der Waals surface area contributed by atoms with Gasteiger partial charge in [-0.05, 0) is 37.1 Å². The van der Waals surface area contributed by atoms with Gasteiger partial charge in [-0.1, -0.05) is 23.2 Å². The van der Waals surface area contributed by atoms with Gasteiger partial charge in [-0.3, -0.25) is 10.1 Å². The molecule has 1 heterocycles. The number of nitro groups is 1. The van der Waals surface area contributed by atoms with E-state index in [1.807, 2.05) is 0 Å². The van der Waals surface area contributed by atoms with E-state index in [0.717, 1.165) is 17.5 Å². The zero-order valence-corrected chi connectivity index (χ0v) is 12.1. The SMILES string of the molecule is Cc1cc(Cl)cc(C)c1Oc1ncnc(Cl)c1[N+](=O)[O-]. The van der Waals surface area contributed by atoms with Crippen molar-refractivity contribution in [2.75, 3.05) is 0 Å². The summed E-state index contributed by atoms with van der Waals surface area (Å²) < 4.78 is 5.53. The molecular weight excluding hydrogens is 305 g/mol. The molecule has 2 aromatic rings. The third-order valence-electron chi connectivity index (χ3n) is 2.55. The summed E-state index contributed by atoms with van der Waals surface area (Å²) in [7, 11) is 0. The van der Waals surface area contributed by atoms with E-state index in [9.17, 15) is 10.1 Å². The lowest BCUT2D eigenvalue weighted by Gasteiger charge is -2.11. The van der Waals surface area contributed by atoms with Crippen molar-refractivity contribution in [2.24, 2.45) is 0 Å². The zero-order valence-electron chi connectivity index (χ0n) is 10.6. The minimum absolute atomic E-state index is 0.205. The molecule has 20 heavy (non-hydrogen) atoms. The van der Waals surface area contributed by atoms with Gasteiger partial charge in [0.15, 0.2) is 0 Å². The molecule has 104 valence electrons. The lowest BCUT2D eigenvalue weighted by atomic mass is 10.1. The molecule has 0 amide bonds. The maximum absolute atomic E-state index is 11.0. The van der Waals surface area contributed by atoms with E-state index in [4.69, 9.17) is 27.9 Å². The summed E-state index contributed by atoms with van der Waals surface area (Å²) in [5.74, 6) is 0.246. The fourth-order valence-electron chi connectivity index (χ4n) is 1.73. The summed E-state index contributed by atoms with van der Waals surface area (Å²) in [6.45, 7) is 3.56. The second-order valence-electron chi connectivity index (χ2n) is 4.05. The number of hydrogen-bond acceptors (Lipinski definition) is 5. The van der Waals surface area contributed by atoms with Gasteiger partial charge in [-0.15, -0.1) is 0 Å². The molecule has 0 spiro atoms. The summed E-state index contributed by atoms with van der Waals surface area (Å²) in [5, 5.41) is 11.3. The normalized spacial score (nSPS) is 10.4. The number of hydrogen-bond donors (Lipinski definition) is 0. The van der Waals surface area contributed by atoms with Crippen LogP contribution < -0.4 is 4.74 Å². The Hall–Kier alpha value is -1.92. The standard InChI is InChI=1S/C12H9Cl2N3O3/c1-6-3-8(13)4-7(2)10(6)20-12-9(17(18)19)11(14)15-5-16-12/h3-5H,1-2H3. The van der Waals surface area contributed by atoms with Gasteiger partial charge in [-0.25, -0.2) is 4.98 Å². The van der Waals surface area contributed by atoms with E-state index in [1.54, 1.807) is 26.0 Å². The Labute approximate surface area is 124 Å². The third kappa shape index (κ3) is 2.81. The molecular formula is C12H9Cl2N3O3. The second kappa shape index (κ2) is 5.60. The molecule has 0 aliphatic heterocycles. The van der Waals surface area contributed by atoms with Crippen molar-refractivity contribution in [3.63, 3.8) is 0 Å². The largest absolute Gasteiger partial charge is 0.433 e. The summed E-state index contributed by atoms with van der Waals surface area (Å²) >= 11 is 11.6. The molecule has 0 unspecified atom stereocenters. The number of halogens is 2. The Morgan fingerprint density at radius 1 is 1.20 bits per heavy atom. The lowest BCUT2D eigenvalue weighted by molar-refractivity contribution is -0.386. The molecule has 0 aliphatic carbocycles. The minimum Gasteiger partial charge on any atom is -0.433 e. The van der Waals surface area contributed by atoms with Crippen molar-refractivity contribution in [3.8, 4) is 11.6 Å². The summed E-state index contributed by atoms with van der Waals surface area (Å²) in [5.41, 5.74) is 1.00. The predicted octanol–water partition coefficient (Wildman–Crippen LogP) is 4.10. The maximum Gasteiger partial charge on any atom is 0.368 e. The van der Waals surface area contributed by atoms with Gasteiger partial charge in [0.25, 0.3) is 0 Å². The highest BCUT2D eigenvalue weighted by molar-refractivity contribution is 6.31. The number of benzene rings is 1. The molecule has 0 radical (unpaired) electrons. The van der Waals surface area contributed by atoms with E-state index in [1.165, 1.54) is 0 Å². The molecule has 0 atom stereocenters. The van der Waals surface area contributed by atoms with Gasteiger partial charge >= 0.3 is 11.6 Å². The van der Waals surface area contributed by atoms with Gasteiger partial charge in [0.1, 0.15) is 12.1 Å². The lowest BCUT2D eigenvalue weighted by Crippen LogP contribution is -2.00. The van der Waals surface area contributed by atoms with Crippen LogP contribution in [0.25, 0.3) is 0 Å². The van der Waals surface area contributed by atoms with Crippen LogP contribution in [0.2, 0.25) is 10.2 Å². The second-order valence-corrected chi connectivity index (χ2v) is 4.84. The van der Waals surface area contributed by atoms with Crippen LogP contribution in [0.4, 0.5) is 5.69 Å².